The molecule has 55 heavy (non-hydrogen) atoms. The van der Waals surface area contributed by atoms with Crippen molar-refractivity contribution in [3.8, 4) is 0 Å². The average Bonchev–Trinajstić information content (AvgIpc) is 3.19. The first-order valence-corrected chi connectivity index (χ1v) is 21.4. The molecule has 10 heteroatoms. The summed E-state index contributed by atoms with van der Waals surface area (Å²) in [4.78, 5) is 25.3. The van der Waals surface area contributed by atoms with Crippen LogP contribution in [0.25, 0.3) is 0 Å². The fourth-order valence-electron chi connectivity index (χ4n) is 8.29. The first-order chi connectivity index (χ1) is 26.5. The number of carbonyl (C=O) groups excluding carboxylic acids is 1. The molecule has 0 bridgehead atoms. The number of halogens is 1. The van der Waals surface area contributed by atoms with Crippen LogP contribution in [0.2, 0.25) is 0 Å². The Kier molecular flexibility index (Phi) is 18.4. The summed E-state index contributed by atoms with van der Waals surface area (Å²) < 4.78 is 21.2. The summed E-state index contributed by atoms with van der Waals surface area (Å²) in [6.45, 7) is 27.4. The van der Waals surface area contributed by atoms with Gasteiger partial charge in [-0.05, 0) is 140 Å². The van der Waals surface area contributed by atoms with E-state index in [9.17, 15) is 8.68 Å². The number of likely N-dealkylation sites (N-methyl/N-ethyl adjacent to an activating group) is 1. The van der Waals surface area contributed by atoms with Crippen LogP contribution in [-0.4, -0.2) is 109 Å². The molecule has 0 radical (unpaired) electrons. The van der Waals surface area contributed by atoms with Crippen LogP contribution >= 0.6 is 12.3 Å². The quantitative estimate of drug-likeness (QED) is 0.110. The van der Waals surface area contributed by atoms with Gasteiger partial charge in [-0.15, -0.1) is 3.89 Å². The van der Waals surface area contributed by atoms with Gasteiger partial charge in [0.2, 0.25) is 5.91 Å². The highest BCUT2D eigenvalue weighted by Crippen LogP contribution is 2.34. The van der Waals surface area contributed by atoms with Gasteiger partial charge in [-0.3, -0.25) is 9.69 Å². The van der Waals surface area contributed by atoms with Crippen LogP contribution in [0.1, 0.15) is 86.0 Å². The second kappa shape index (κ2) is 22.7. The molecule has 1 aliphatic carbocycles. The zero-order valence-corrected chi connectivity index (χ0v) is 35.7. The number of allylic oxidation sites excluding steroid dienone is 9. The number of ether oxygens (including phenoxy) is 1. The lowest BCUT2D eigenvalue weighted by Crippen LogP contribution is -2.42. The summed E-state index contributed by atoms with van der Waals surface area (Å²) in [6.07, 6.45) is 22.5. The molecular weight excluding hydrogens is 708 g/mol. The van der Waals surface area contributed by atoms with E-state index in [1.807, 2.05) is 26.1 Å². The number of hydrogen-bond acceptors (Lipinski definition) is 8. The van der Waals surface area contributed by atoms with Crippen LogP contribution in [-0.2, 0) is 9.53 Å². The first kappa shape index (κ1) is 44.7. The molecule has 1 N–H and O–H groups in total. The minimum atomic E-state index is -0.424. The van der Waals surface area contributed by atoms with Gasteiger partial charge in [0.1, 0.15) is 11.9 Å². The predicted octanol–water partition coefficient (Wildman–Crippen LogP) is 8.98. The molecule has 4 aliphatic rings. The summed E-state index contributed by atoms with van der Waals surface area (Å²) >= 11 is 0.0887. The number of likely N-dealkylation sites (tertiary alicyclic amines) is 2. The van der Waals surface area contributed by atoms with E-state index in [0.29, 0.717) is 29.9 Å². The van der Waals surface area contributed by atoms with Gasteiger partial charge in [-0.2, -0.15) is 0 Å². The van der Waals surface area contributed by atoms with Crippen molar-refractivity contribution in [2.75, 3.05) is 66.5 Å². The Labute approximate surface area is 337 Å². The van der Waals surface area contributed by atoms with Crippen molar-refractivity contribution >= 4 is 24.1 Å². The number of rotatable bonds is 18. The Morgan fingerprint density at radius 3 is 2.36 bits per heavy atom. The third-order valence-corrected chi connectivity index (χ3v) is 12.2. The number of carbonyl (C=O) groups is 1. The van der Waals surface area contributed by atoms with Crippen molar-refractivity contribution < 1.29 is 13.4 Å². The van der Waals surface area contributed by atoms with Gasteiger partial charge in [0.15, 0.2) is 12.3 Å². The van der Waals surface area contributed by atoms with Gasteiger partial charge in [0.05, 0.1) is 5.70 Å². The van der Waals surface area contributed by atoms with E-state index in [1.54, 1.807) is 13.3 Å². The van der Waals surface area contributed by atoms with E-state index in [2.05, 4.69) is 90.2 Å². The SMILES string of the molecule is C=C1\C=C/C(C(=C/CNC)/C(=C)/C=C(\C)C(C)N2CCC(C3=CC=C(C(=O)N4CCC(CN(CCC)CCC)CC4)CC3)CC2)=C\N(SF)C(C(C)OC)=N1. The molecule has 0 aromatic carbocycles. The van der Waals surface area contributed by atoms with Crippen molar-refractivity contribution in [1.82, 2.24) is 24.3 Å². The number of amidine groups is 1. The minimum Gasteiger partial charge on any atom is -0.374 e. The molecule has 0 aromatic heterocycles. The van der Waals surface area contributed by atoms with Gasteiger partial charge in [-0.25, -0.2) is 9.30 Å². The van der Waals surface area contributed by atoms with Gasteiger partial charge >= 0.3 is 0 Å². The summed E-state index contributed by atoms with van der Waals surface area (Å²) in [5.41, 5.74) is 6.82. The lowest BCUT2D eigenvalue weighted by atomic mass is 9.82. The van der Waals surface area contributed by atoms with Gasteiger partial charge in [0, 0.05) is 51.1 Å². The maximum atomic E-state index is 14.3. The predicted molar refractivity (Wildman–Crippen MR) is 231 cm³/mol. The largest absolute Gasteiger partial charge is 0.374 e. The first-order valence-electron chi connectivity index (χ1n) is 20.7. The number of methoxy groups -OCH3 is 1. The lowest BCUT2D eigenvalue weighted by Gasteiger charge is -2.38. The Morgan fingerprint density at radius 2 is 1.78 bits per heavy atom. The van der Waals surface area contributed by atoms with Crippen LogP contribution in [0.3, 0.4) is 0 Å². The fraction of sp³-hybridized carbons (Fsp3) is 0.600. The summed E-state index contributed by atoms with van der Waals surface area (Å²) in [5, 5.41) is 3.20. The molecule has 2 atom stereocenters. The summed E-state index contributed by atoms with van der Waals surface area (Å²) in [5.74, 6) is 1.96. The number of hydrogen-bond donors (Lipinski definition) is 1. The fourth-order valence-corrected chi connectivity index (χ4v) is 8.70. The number of piperidine rings is 2. The van der Waals surface area contributed by atoms with Gasteiger partial charge < -0.3 is 19.9 Å². The highest BCUT2D eigenvalue weighted by molar-refractivity contribution is 7.92. The molecule has 3 aliphatic heterocycles. The number of nitrogens with one attached hydrogen (secondary N) is 1. The van der Waals surface area contributed by atoms with Gasteiger partial charge in [0.25, 0.3) is 0 Å². The van der Waals surface area contributed by atoms with Crippen LogP contribution in [0.15, 0.2) is 99.9 Å². The summed E-state index contributed by atoms with van der Waals surface area (Å²) in [7, 11) is 3.48. The zero-order valence-electron chi connectivity index (χ0n) is 34.9. The third-order valence-electron chi connectivity index (χ3n) is 11.8. The molecule has 304 valence electrons. The van der Waals surface area contributed by atoms with E-state index in [1.165, 1.54) is 47.9 Å². The topological polar surface area (TPSA) is 63.7 Å². The van der Waals surface area contributed by atoms with Crippen LogP contribution < -0.4 is 5.32 Å². The van der Waals surface area contributed by atoms with Crippen LogP contribution in [0, 0.1) is 11.8 Å². The standard InChI is InChI=1S/C45H69FN6O2S/c1-10-24-49(25-11-2)31-38-19-26-51(27-20-38)45(53)41-16-14-39(15-17-41)40-21-28-50(29-22-40)36(6)33(3)30-34(4)43(18-23-47-8)42-13-12-35(5)48-44(37(7)54-9)52(32-42)55-46/h12-14,16,18,30,32,36-38,40,47H,4-5,10-11,15,17,19-29,31H2,1-3,6-9H3/b13-12-,33-30+,42-32+,43-18+,48-44?. The molecular formula is C45H69FN6O2S. The Bertz CT molecular complexity index is 1540. The van der Waals surface area contributed by atoms with Crippen molar-refractivity contribution in [2.24, 2.45) is 16.8 Å². The highest BCUT2D eigenvalue weighted by Gasteiger charge is 2.30. The molecule has 0 saturated carbocycles. The molecule has 4 rings (SSSR count). The molecule has 2 saturated heterocycles. The number of amides is 1. The maximum absolute atomic E-state index is 14.3. The third kappa shape index (κ3) is 12.7. The monoisotopic (exact) mass is 777 g/mol. The zero-order chi connectivity index (χ0) is 39.9. The van der Waals surface area contributed by atoms with E-state index >= 15 is 0 Å². The molecule has 2 unspecified atom stereocenters. The second-order valence-electron chi connectivity index (χ2n) is 15.7. The molecule has 0 aromatic rings. The van der Waals surface area contributed by atoms with E-state index < -0.39 is 6.10 Å². The molecule has 3 heterocycles. The van der Waals surface area contributed by atoms with Crippen LogP contribution in [0.4, 0.5) is 3.89 Å². The van der Waals surface area contributed by atoms with E-state index in [-0.39, 0.29) is 24.3 Å². The summed E-state index contributed by atoms with van der Waals surface area (Å²) in [6, 6.07) is 0.249. The van der Waals surface area contributed by atoms with Crippen molar-refractivity contribution in [1.29, 1.82) is 0 Å². The molecule has 8 nitrogen and oxygen atoms in total. The van der Waals surface area contributed by atoms with Crippen molar-refractivity contribution in [3.63, 3.8) is 0 Å². The van der Waals surface area contributed by atoms with E-state index in [4.69, 9.17) is 4.74 Å². The Balaban J connectivity index is 1.34. The molecule has 2 fully saturated rings. The average molecular weight is 777 g/mol. The van der Waals surface area contributed by atoms with E-state index in [0.717, 1.165) is 87.0 Å². The Morgan fingerprint density at radius 1 is 1.09 bits per heavy atom. The normalized spacial score (nSPS) is 22.7. The minimum absolute atomic E-state index is 0.0887. The van der Waals surface area contributed by atoms with Crippen LogP contribution in [0.5, 0.6) is 0 Å². The molecule has 1 amide bonds. The maximum Gasteiger partial charge on any atom is 0.249 e. The number of nitrogens with zero attached hydrogens (tertiary/aromatic N) is 5. The number of aliphatic imine (C=N–C) groups is 1. The lowest BCUT2D eigenvalue weighted by molar-refractivity contribution is -0.128. The van der Waals surface area contributed by atoms with Crippen molar-refractivity contribution in [3.05, 3.63) is 94.9 Å². The smallest absolute Gasteiger partial charge is 0.249 e. The second-order valence-corrected chi connectivity index (χ2v) is 16.2. The Hall–Kier alpha value is -3.02. The molecule has 0 spiro atoms. The van der Waals surface area contributed by atoms with Crippen molar-refractivity contribution in [2.45, 2.75) is 98.1 Å². The van der Waals surface area contributed by atoms with Gasteiger partial charge in [-0.1, -0.05) is 68.5 Å². The highest BCUT2D eigenvalue weighted by atomic mass is 32.2.